The number of hydrogen-bond acceptors (Lipinski definition) is 5. The van der Waals surface area contributed by atoms with Crippen LogP contribution in [0, 0.1) is 0 Å². The number of rotatable bonds is 4. The molecular formula is C21H31N5O. The fourth-order valence-corrected chi connectivity index (χ4v) is 4.97. The number of amides is 1. The molecular weight excluding hydrogens is 338 g/mol. The van der Waals surface area contributed by atoms with Crippen LogP contribution in [0.1, 0.15) is 34.3 Å². The second-order valence-corrected chi connectivity index (χ2v) is 8.55. The van der Waals surface area contributed by atoms with Crippen LogP contribution in [0.5, 0.6) is 0 Å². The molecule has 0 aromatic heterocycles. The molecule has 4 aliphatic rings. The molecule has 5 rings (SSSR count). The number of piperazine rings is 1. The van der Waals surface area contributed by atoms with Crippen molar-refractivity contribution in [3.05, 3.63) is 34.9 Å². The summed E-state index contributed by atoms with van der Waals surface area (Å²) < 4.78 is 0. The van der Waals surface area contributed by atoms with E-state index in [0.717, 1.165) is 70.4 Å². The highest BCUT2D eigenvalue weighted by molar-refractivity contribution is 5.98. The largest absolute Gasteiger partial charge is 0.330 e. The monoisotopic (exact) mass is 369 g/mol. The van der Waals surface area contributed by atoms with E-state index in [2.05, 4.69) is 43.5 Å². The second kappa shape index (κ2) is 7.51. The van der Waals surface area contributed by atoms with Gasteiger partial charge in [-0.15, -0.1) is 0 Å². The Morgan fingerprint density at radius 2 is 1.81 bits per heavy atom. The van der Waals surface area contributed by atoms with Gasteiger partial charge >= 0.3 is 0 Å². The Labute approximate surface area is 161 Å². The number of fused-ring (bicyclic) bond motifs is 1. The molecule has 6 heteroatoms. The van der Waals surface area contributed by atoms with Crippen LogP contribution in [0.3, 0.4) is 0 Å². The van der Waals surface area contributed by atoms with Crippen molar-refractivity contribution in [1.82, 2.24) is 25.3 Å². The Morgan fingerprint density at radius 3 is 2.52 bits per heavy atom. The van der Waals surface area contributed by atoms with E-state index in [4.69, 9.17) is 0 Å². The Bertz CT molecular complexity index is 690. The molecule has 4 heterocycles. The molecule has 0 radical (unpaired) electrons. The third-order valence-electron chi connectivity index (χ3n) is 6.80. The number of piperidine rings is 1. The van der Waals surface area contributed by atoms with Crippen molar-refractivity contribution in [1.29, 1.82) is 0 Å². The molecule has 1 amide bonds. The first kappa shape index (κ1) is 17.6. The normalized spacial score (nSPS) is 27.6. The van der Waals surface area contributed by atoms with E-state index >= 15 is 0 Å². The summed E-state index contributed by atoms with van der Waals surface area (Å²) in [4.78, 5) is 20.1. The first-order valence-corrected chi connectivity index (χ1v) is 10.6. The molecule has 27 heavy (non-hydrogen) atoms. The van der Waals surface area contributed by atoms with Crippen molar-refractivity contribution in [2.75, 3.05) is 52.4 Å². The maximum absolute atomic E-state index is 12.8. The van der Waals surface area contributed by atoms with Crippen LogP contribution in [0.15, 0.2) is 18.2 Å². The minimum atomic E-state index is 0.230. The summed E-state index contributed by atoms with van der Waals surface area (Å²) >= 11 is 0. The lowest BCUT2D eigenvalue weighted by molar-refractivity contribution is 0.0674. The number of nitrogens with zero attached hydrogens (tertiary/aromatic N) is 3. The predicted octanol–water partition coefficient (Wildman–Crippen LogP) is 0.484. The van der Waals surface area contributed by atoms with E-state index < -0.39 is 0 Å². The average Bonchev–Trinajstić information content (AvgIpc) is 2.99. The van der Waals surface area contributed by atoms with E-state index in [9.17, 15) is 4.79 Å². The zero-order valence-corrected chi connectivity index (χ0v) is 16.1. The molecule has 1 unspecified atom stereocenters. The molecule has 3 saturated heterocycles. The van der Waals surface area contributed by atoms with Gasteiger partial charge in [0.1, 0.15) is 0 Å². The molecule has 1 aromatic rings. The second-order valence-electron chi connectivity index (χ2n) is 8.55. The van der Waals surface area contributed by atoms with Crippen LogP contribution in [-0.2, 0) is 13.1 Å². The summed E-state index contributed by atoms with van der Waals surface area (Å²) in [5.74, 6) is 0.230. The zero-order chi connectivity index (χ0) is 18.2. The molecule has 0 aliphatic carbocycles. The van der Waals surface area contributed by atoms with Gasteiger partial charge in [0.15, 0.2) is 0 Å². The number of hydrogen-bond donors (Lipinski definition) is 2. The molecule has 146 valence electrons. The summed E-state index contributed by atoms with van der Waals surface area (Å²) in [6.07, 6.45) is 2.29. The predicted molar refractivity (Wildman–Crippen MR) is 106 cm³/mol. The van der Waals surface area contributed by atoms with Crippen molar-refractivity contribution in [2.45, 2.75) is 38.0 Å². The fourth-order valence-electron chi connectivity index (χ4n) is 4.97. The summed E-state index contributed by atoms with van der Waals surface area (Å²) in [6.45, 7) is 10.8. The van der Waals surface area contributed by atoms with E-state index in [-0.39, 0.29) is 5.91 Å². The fraction of sp³-hybridized carbons (Fsp3) is 0.667. The van der Waals surface area contributed by atoms with Crippen LogP contribution in [0.25, 0.3) is 0 Å². The van der Waals surface area contributed by atoms with Gasteiger partial charge in [-0.3, -0.25) is 14.6 Å². The van der Waals surface area contributed by atoms with Gasteiger partial charge in [0.05, 0.1) is 0 Å². The van der Waals surface area contributed by atoms with Crippen molar-refractivity contribution in [2.24, 2.45) is 0 Å². The minimum Gasteiger partial charge on any atom is -0.330 e. The van der Waals surface area contributed by atoms with Gasteiger partial charge in [0.25, 0.3) is 5.91 Å². The van der Waals surface area contributed by atoms with Crippen LogP contribution in [-0.4, -0.2) is 85.0 Å². The van der Waals surface area contributed by atoms with Gasteiger partial charge in [0.2, 0.25) is 0 Å². The van der Waals surface area contributed by atoms with Crippen LogP contribution >= 0.6 is 0 Å². The minimum absolute atomic E-state index is 0.230. The molecule has 2 N–H and O–H groups in total. The number of benzene rings is 1. The molecule has 4 aliphatic heterocycles. The summed E-state index contributed by atoms with van der Waals surface area (Å²) in [6, 6.07) is 7.64. The van der Waals surface area contributed by atoms with Crippen LogP contribution < -0.4 is 10.6 Å². The van der Waals surface area contributed by atoms with E-state index in [1.165, 1.54) is 30.6 Å². The molecule has 1 aromatic carbocycles. The van der Waals surface area contributed by atoms with Gasteiger partial charge in [-0.05, 0) is 36.6 Å². The summed E-state index contributed by atoms with van der Waals surface area (Å²) in [5, 5.41) is 6.81. The topological polar surface area (TPSA) is 50.9 Å². The van der Waals surface area contributed by atoms with Gasteiger partial charge in [-0.2, -0.15) is 0 Å². The van der Waals surface area contributed by atoms with Crippen molar-refractivity contribution >= 4 is 5.91 Å². The van der Waals surface area contributed by atoms with Crippen LogP contribution in [0.2, 0.25) is 0 Å². The third kappa shape index (κ3) is 3.51. The summed E-state index contributed by atoms with van der Waals surface area (Å²) in [7, 11) is 0. The van der Waals surface area contributed by atoms with Gasteiger partial charge in [-0.25, -0.2) is 0 Å². The highest BCUT2D eigenvalue weighted by Gasteiger charge is 2.33. The van der Waals surface area contributed by atoms with Gasteiger partial charge in [0, 0.05) is 76.5 Å². The van der Waals surface area contributed by atoms with Crippen molar-refractivity contribution in [3.63, 3.8) is 0 Å². The Hall–Kier alpha value is -1.47. The van der Waals surface area contributed by atoms with E-state index in [1.54, 1.807) is 0 Å². The first-order chi connectivity index (χ1) is 13.3. The number of nitrogens with one attached hydrogen (secondary N) is 2. The highest BCUT2D eigenvalue weighted by atomic mass is 16.2. The van der Waals surface area contributed by atoms with E-state index in [1.807, 2.05) is 0 Å². The van der Waals surface area contributed by atoms with Crippen molar-refractivity contribution < 1.29 is 4.79 Å². The highest BCUT2D eigenvalue weighted by Crippen LogP contribution is 2.28. The molecule has 3 fully saturated rings. The molecule has 1 atom stereocenters. The Morgan fingerprint density at radius 1 is 1.00 bits per heavy atom. The van der Waals surface area contributed by atoms with Crippen LogP contribution in [0.4, 0.5) is 0 Å². The Balaban J connectivity index is 1.20. The standard InChI is InChI=1S/C21H31N5O/c27-21-20-4-3-16(10-17(20)15-26(21)18-2-1-5-22-11-18)14-24-6-8-25(9-7-24)19-12-23-13-19/h3-4,10,18-19,22-23H,1-2,5-9,11-15H2. The van der Waals surface area contributed by atoms with Gasteiger partial charge < -0.3 is 15.5 Å². The SMILES string of the molecule is O=C1c2ccc(CN3CCN(C4CNC4)CC3)cc2CN1C1CCCNC1. The smallest absolute Gasteiger partial charge is 0.254 e. The molecule has 0 saturated carbocycles. The Kier molecular flexibility index (Phi) is 4.90. The lowest BCUT2D eigenvalue weighted by Gasteiger charge is -2.43. The van der Waals surface area contributed by atoms with E-state index in [0.29, 0.717) is 6.04 Å². The first-order valence-electron chi connectivity index (χ1n) is 10.6. The molecule has 0 spiro atoms. The quantitative estimate of drug-likeness (QED) is 0.809. The molecule has 0 bridgehead atoms. The lowest BCUT2D eigenvalue weighted by atomic mass is 10.1. The number of carbonyl (C=O) groups is 1. The third-order valence-corrected chi connectivity index (χ3v) is 6.80. The van der Waals surface area contributed by atoms with Gasteiger partial charge in [-0.1, -0.05) is 12.1 Å². The zero-order valence-electron chi connectivity index (χ0n) is 16.1. The molecule has 6 nitrogen and oxygen atoms in total. The number of carbonyl (C=O) groups excluding carboxylic acids is 1. The summed E-state index contributed by atoms with van der Waals surface area (Å²) in [5.41, 5.74) is 3.50. The maximum atomic E-state index is 12.8. The maximum Gasteiger partial charge on any atom is 0.254 e. The average molecular weight is 370 g/mol. The van der Waals surface area contributed by atoms with Crippen molar-refractivity contribution in [3.8, 4) is 0 Å². The lowest BCUT2D eigenvalue weighted by Crippen LogP contribution is -2.61.